The van der Waals surface area contributed by atoms with Crippen LogP contribution in [-0.2, 0) is 10.0 Å². The fourth-order valence-corrected chi connectivity index (χ4v) is 3.81. The molecule has 0 unspecified atom stereocenters. The lowest BCUT2D eigenvalue weighted by Gasteiger charge is -2.12. The molecule has 110 valence electrons. The van der Waals surface area contributed by atoms with Crippen molar-refractivity contribution in [2.75, 3.05) is 4.72 Å². The molecule has 0 aliphatic carbocycles. The van der Waals surface area contributed by atoms with Gasteiger partial charge < -0.3 is 5.11 Å². The van der Waals surface area contributed by atoms with Crippen molar-refractivity contribution >= 4 is 44.9 Å². The highest BCUT2D eigenvalue weighted by Gasteiger charge is 2.23. The lowest BCUT2D eigenvalue weighted by Crippen LogP contribution is -2.16. The molecule has 0 amide bonds. The molecular formula is C12H8Cl2N2O4S. The highest BCUT2D eigenvalue weighted by atomic mass is 35.5. The van der Waals surface area contributed by atoms with Gasteiger partial charge in [-0.1, -0.05) is 29.3 Å². The second-order valence-corrected chi connectivity index (χ2v) is 6.32. The topological polar surface area (TPSA) is 96.4 Å². The summed E-state index contributed by atoms with van der Waals surface area (Å²) in [4.78, 5) is 14.4. The Morgan fingerprint density at radius 1 is 1.19 bits per heavy atom. The molecule has 2 rings (SSSR count). The van der Waals surface area contributed by atoms with Crippen molar-refractivity contribution in [2.24, 2.45) is 0 Å². The maximum absolute atomic E-state index is 12.3. The molecule has 0 aliphatic rings. The van der Waals surface area contributed by atoms with Crippen molar-refractivity contribution in [1.82, 2.24) is 4.98 Å². The normalized spacial score (nSPS) is 11.1. The number of hydrogen-bond acceptors (Lipinski definition) is 4. The number of carboxylic acids is 1. The summed E-state index contributed by atoms with van der Waals surface area (Å²) in [5.74, 6) is -1.29. The number of nitrogens with one attached hydrogen (secondary N) is 1. The van der Waals surface area contributed by atoms with Crippen LogP contribution in [0.15, 0.2) is 41.6 Å². The van der Waals surface area contributed by atoms with E-state index in [1.54, 1.807) is 0 Å². The van der Waals surface area contributed by atoms with Gasteiger partial charge in [-0.25, -0.2) is 13.2 Å². The van der Waals surface area contributed by atoms with Crippen LogP contribution < -0.4 is 4.72 Å². The third kappa shape index (κ3) is 3.26. The standard InChI is InChI=1S/C12H8Cl2N2O4S/c13-8-2-1-3-9(14)11(8)21(19,20)16-10-6-15-5-4-7(10)12(17)18/h1-6,16H,(H,17,18). The number of halogens is 2. The third-order valence-electron chi connectivity index (χ3n) is 2.48. The van der Waals surface area contributed by atoms with E-state index in [9.17, 15) is 13.2 Å². The van der Waals surface area contributed by atoms with E-state index < -0.39 is 16.0 Å². The van der Waals surface area contributed by atoms with Crippen LogP contribution in [0.4, 0.5) is 5.69 Å². The molecule has 1 aromatic carbocycles. The Morgan fingerprint density at radius 2 is 1.81 bits per heavy atom. The lowest BCUT2D eigenvalue weighted by molar-refractivity contribution is 0.0698. The van der Waals surface area contributed by atoms with Crippen LogP contribution in [0.1, 0.15) is 10.4 Å². The Balaban J connectivity index is 2.51. The van der Waals surface area contributed by atoms with Gasteiger partial charge in [-0.3, -0.25) is 9.71 Å². The molecule has 0 bridgehead atoms. The second-order valence-electron chi connectivity index (χ2n) is 3.88. The summed E-state index contributed by atoms with van der Waals surface area (Å²) in [6.07, 6.45) is 2.33. The predicted octanol–water partition coefficient (Wildman–Crippen LogP) is 2.89. The van der Waals surface area contributed by atoms with Gasteiger partial charge >= 0.3 is 5.97 Å². The minimum atomic E-state index is -4.15. The number of anilines is 1. The van der Waals surface area contributed by atoms with Crippen LogP contribution in [0.2, 0.25) is 10.0 Å². The maximum atomic E-state index is 12.3. The molecule has 0 aliphatic heterocycles. The van der Waals surface area contributed by atoms with E-state index in [1.165, 1.54) is 30.5 Å². The summed E-state index contributed by atoms with van der Waals surface area (Å²) in [7, 11) is -4.15. The highest BCUT2D eigenvalue weighted by molar-refractivity contribution is 7.93. The van der Waals surface area contributed by atoms with Crippen LogP contribution in [0, 0.1) is 0 Å². The number of pyridine rings is 1. The highest BCUT2D eigenvalue weighted by Crippen LogP contribution is 2.30. The van der Waals surface area contributed by atoms with Crippen LogP contribution in [-0.4, -0.2) is 24.5 Å². The lowest BCUT2D eigenvalue weighted by atomic mass is 10.2. The molecule has 0 spiro atoms. The monoisotopic (exact) mass is 346 g/mol. The molecule has 0 atom stereocenters. The maximum Gasteiger partial charge on any atom is 0.337 e. The number of carbonyl (C=O) groups is 1. The summed E-state index contributed by atoms with van der Waals surface area (Å²) in [5.41, 5.74) is -0.419. The van der Waals surface area contributed by atoms with E-state index in [0.29, 0.717) is 0 Å². The largest absolute Gasteiger partial charge is 0.478 e. The second kappa shape index (κ2) is 5.88. The Hall–Kier alpha value is -1.83. The number of rotatable bonds is 4. The van der Waals surface area contributed by atoms with Crippen LogP contribution >= 0.6 is 23.2 Å². The van der Waals surface area contributed by atoms with E-state index in [2.05, 4.69) is 9.71 Å². The van der Waals surface area contributed by atoms with Crippen LogP contribution in [0.25, 0.3) is 0 Å². The fourth-order valence-electron chi connectivity index (χ4n) is 1.60. The van der Waals surface area contributed by atoms with Gasteiger partial charge in [0.2, 0.25) is 0 Å². The zero-order chi connectivity index (χ0) is 15.6. The van der Waals surface area contributed by atoms with E-state index >= 15 is 0 Å². The van der Waals surface area contributed by atoms with Gasteiger partial charge in [-0.15, -0.1) is 0 Å². The van der Waals surface area contributed by atoms with Crippen molar-refractivity contribution in [3.05, 3.63) is 52.3 Å². The molecule has 1 heterocycles. The molecule has 21 heavy (non-hydrogen) atoms. The van der Waals surface area contributed by atoms with Gasteiger partial charge in [0.05, 0.1) is 27.5 Å². The van der Waals surface area contributed by atoms with E-state index in [-0.39, 0.29) is 26.2 Å². The molecule has 2 aromatic rings. The first-order valence-corrected chi connectivity index (χ1v) is 7.71. The van der Waals surface area contributed by atoms with E-state index in [0.717, 1.165) is 6.20 Å². The average molecular weight is 347 g/mol. The summed E-state index contributed by atoms with van der Waals surface area (Å²) < 4.78 is 26.8. The van der Waals surface area contributed by atoms with Crippen molar-refractivity contribution in [1.29, 1.82) is 0 Å². The number of carboxylic acid groups (broad SMARTS) is 1. The number of nitrogens with zero attached hydrogens (tertiary/aromatic N) is 1. The van der Waals surface area contributed by atoms with Gasteiger partial charge in [-0.2, -0.15) is 0 Å². The SMILES string of the molecule is O=C(O)c1ccncc1NS(=O)(=O)c1c(Cl)cccc1Cl. The third-order valence-corrected chi connectivity index (χ3v) is 4.80. The fraction of sp³-hybridized carbons (Fsp3) is 0. The van der Waals surface area contributed by atoms with Gasteiger partial charge in [0.25, 0.3) is 10.0 Å². The van der Waals surface area contributed by atoms with Crippen LogP contribution in [0.5, 0.6) is 0 Å². The van der Waals surface area contributed by atoms with Crippen molar-refractivity contribution in [3.8, 4) is 0 Å². The smallest absolute Gasteiger partial charge is 0.337 e. The first-order chi connectivity index (χ1) is 9.83. The Kier molecular flexibility index (Phi) is 4.36. The number of aromatic nitrogens is 1. The van der Waals surface area contributed by atoms with Crippen molar-refractivity contribution in [3.63, 3.8) is 0 Å². The summed E-state index contributed by atoms with van der Waals surface area (Å²) >= 11 is 11.7. The van der Waals surface area contributed by atoms with Gasteiger partial charge in [-0.05, 0) is 18.2 Å². The minimum absolute atomic E-state index is 0.0734. The molecule has 0 radical (unpaired) electrons. The van der Waals surface area contributed by atoms with Crippen molar-refractivity contribution < 1.29 is 18.3 Å². The molecule has 9 heteroatoms. The quantitative estimate of drug-likeness (QED) is 0.887. The summed E-state index contributed by atoms with van der Waals surface area (Å²) in [6.45, 7) is 0. The Labute approximate surface area is 130 Å². The molecule has 0 saturated heterocycles. The molecular weight excluding hydrogens is 339 g/mol. The van der Waals surface area contributed by atoms with Gasteiger partial charge in [0.1, 0.15) is 4.90 Å². The van der Waals surface area contributed by atoms with E-state index in [4.69, 9.17) is 28.3 Å². The number of aromatic carboxylic acids is 1. The van der Waals surface area contributed by atoms with Crippen molar-refractivity contribution in [2.45, 2.75) is 4.90 Å². The first kappa shape index (κ1) is 15.6. The van der Waals surface area contributed by atoms with E-state index in [1.807, 2.05) is 0 Å². The summed E-state index contributed by atoms with van der Waals surface area (Å²) in [5, 5.41) is 8.88. The number of sulfonamides is 1. The molecule has 0 saturated carbocycles. The molecule has 6 nitrogen and oxygen atoms in total. The predicted molar refractivity (Wildman–Crippen MR) is 78.5 cm³/mol. The first-order valence-electron chi connectivity index (χ1n) is 5.47. The number of benzene rings is 1. The molecule has 0 fully saturated rings. The molecule has 2 N–H and O–H groups in total. The average Bonchev–Trinajstić information content (AvgIpc) is 2.37. The summed E-state index contributed by atoms with van der Waals surface area (Å²) in [6, 6.07) is 5.40. The van der Waals surface area contributed by atoms with Gasteiger partial charge in [0.15, 0.2) is 0 Å². The van der Waals surface area contributed by atoms with Gasteiger partial charge in [0, 0.05) is 6.20 Å². The Morgan fingerprint density at radius 3 is 2.38 bits per heavy atom. The van der Waals surface area contributed by atoms with Crippen LogP contribution in [0.3, 0.4) is 0 Å². The molecule has 1 aromatic heterocycles. The zero-order valence-corrected chi connectivity index (χ0v) is 12.6. The zero-order valence-electron chi connectivity index (χ0n) is 10.2. The minimum Gasteiger partial charge on any atom is -0.478 e. The number of hydrogen-bond donors (Lipinski definition) is 2. The Bertz CT molecular complexity index is 788.